The Hall–Kier alpha value is -1.64. The Morgan fingerprint density at radius 1 is 1.19 bits per heavy atom. The van der Waals surface area contributed by atoms with Crippen LogP contribution in [0.15, 0.2) is 40.2 Å². The summed E-state index contributed by atoms with van der Waals surface area (Å²) in [5.74, 6) is 0.625. The topological polar surface area (TPSA) is 83.0 Å². The molecule has 0 saturated carbocycles. The third-order valence-corrected chi connectivity index (χ3v) is 6.28. The number of benzene rings is 1. The van der Waals surface area contributed by atoms with Gasteiger partial charge in [0.05, 0.1) is 23.9 Å². The lowest BCUT2D eigenvalue weighted by molar-refractivity contribution is -0.00833. The Morgan fingerprint density at radius 2 is 1.85 bits per heavy atom. The molecule has 2 rings (SSSR count). The molecule has 0 amide bonds. The average molecular weight is 383 g/mol. The number of rotatable bonds is 7. The molecular weight excluding hydrogens is 352 g/mol. The number of nitrogens with one attached hydrogen (secondary N) is 2. The summed E-state index contributed by atoms with van der Waals surface area (Å²) in [7, 11) is -1.61. The van der Waals surface area contributed by atoms with Crippen molar-refractivity contribution in [1.29, 1.82) is 0 Å². The fraction of sp³-hybridized carbons (Fsp3) is 0.611. The van der Waals surface area contributed by atoms with Crippen LogP contribution >= 0.6 is 0 Å². The lowest BCUT2D eigenvalue weighted by Crippen LogP contribution is -2.56. The predicted octanol–water partition coefficient (Wildman–Crippen LogP) is 0.736. The second-order valence-electron chi connectivity index (χ2n) is 6.90. The summed E-state index contributed by atoms with van der Waals surface area (Å²) in [6, 6.07) is 8.50. The molecule has 0 aliphatic carbocycles. The monoisotopic (exact) mass is 382 g/mol. The molecule has 0 radical (unpaired) electrons. The molecule has 146 valence electrons. The van der Waals surface area contributed by atoms with Gasteiger partial charge in [-0.25, -0.2) is 8.42 Å². The summed E-state index contributed by atoms with van der Waals surface area (Å²) in [5.41, 5.74) is -0.0441. The predicted molar refractivity (Wildman–Crippen MR) is 104 cm³/mol. The van der Waals surface area contributed by atoms with Crippen molar-refractivity contribution in [2.75, 3.05) is 52.2 Å². The zero-order chi connectivity index (χ0) is 19.0. The van der Waals surface area contributed by atoms with Gasteiger partial charge in [0.2, 0.25) is 0 Å². The molecule has 2 N–H and O–H groups in total. The number of guanidine groups is 1. The third kappa shape index (κ3) is 5.96. The number of nitrogens with zero attached hydrogens (tertiary/aromatic N) is 2. The summed E-state index contributed by atoms with van der Waals surface area (Å²) in [6.07, 6.45) is 0. The second-order valence-corrected chi connectivity index (χ2v) is 9.01. The highest BCUT2D eigenvalue weighted by molar-refractivity contribution is 7.91. The van der Waals surface area contributed by atoms with Crippen LogP contribution in [0.2, 0.25) is 0 Å². The van der Waals surface area contributed by atoms with Crippen molar-refractivity contribution in [3.8, 4) is 0 Å². The minimum absolute atomic E-state index is 0.0184. The average Bonchev–Trinajstić information content (AvgIpc) is 2.66. The molecule has 0 aromatic heterocycles. The summed E-state index contributed by atoms with van der Waals surface area (Å²) in [4.78, 5) is 6.92. The number of hydrogen-bond acceptors (Lipinski definition) is 5. The highest BCUT2D eigenvalue weighted by Gasteiger charge is 2.28. The van der Waals surface area contributed by atoms with Gasteiger partial charge in [-0.05, 0) is 26.0 Å². The molecule has 1 saturated heterocycles. The van der Waals surface area contributed by atoms with Crippen molar-refractivity contribution in [3.05, 3.63) is 30.3 Å². The van der Waals surface area contributed by atoms with Gasteiger partial charge in [-0.2, -0.15) is 0 Å². The minimum Gasteiger partial charge on any atom is -0.379 e. The van der Waals surface area contributed by atoms with E-state index in [4.69, 9.17) is 4.74 Å². The van der Waals surface area contributed by atoms with Crippen molar-refractivity contribution >= 4 is 15.8 Å². The molecule has 0 spiro atoms. The van der Waals surface area contributed by atoms with Crippen LogP contribution in [0, 0.1) is 0 Å². The maximum Gasteiger partial charge on any atom is 0.191 e. The maximum atomic E-state index is 12.3. The quantitative estimate of drug-likeness (QED) is 0.535. The first-order valence-electron chi connectivity index (χ1n) is 8.90. The molecule has 1 aliphatic rings. The van der Waals surface area contributed by atoms with E-state index in [0.717, 1.165) is 26.3 Å². The zero-order valence-electron chi connectivity index (χ0n) is 15.9. The van der Waals surface area contributed by atoms with Gasteiger partial charge in [-0.1, -0.05) is 18.2 Å². The molecule has 1 aromatic carbocycles. The molecule has 8 heteroatoms. The van der Waals surface area contributed by atoms with Crippen molar-refractivity contribution in [2.24, 2.45) is 4.99 Å². The van der Waals surface area contributed by atoms with E-state index in [2.05, 4.69) is 34.4 Å². The summed E-state index contributed by atoms with van der Waals surface area (Å²) in [5, 5.41) is 6.38. The lowest BCUT2D eigenvalue weighted by Gasteiger charge is -2.41. The normalized spacial score (nSPS) is 17.1. The van der Waals surface area contributed by atoms with Crippen molar-refractivity contribution in [1.82, 2.24) is 15.5 Å². The van der Waals surface area contributed by atoms with Crippen LogP contribution in [-0.4, -0.2) is 77.0 Å². The van der Waals surface area contributed by atoms with E-state index in [-0.39, 0.29) is 11.3 Å². The van der Waals surface area contributed by atoms with Crippen LogP contribution in [0.3, 0.4) is 0 Å². The van der Waals surface area contributed by atoms with Gasteiger partial charge in [0.15, 0.2) is 15.8 Å². The molecular formula is C18H30N4O3S. The highest BCUT2D eigenvalue weighted by atomic mass is 32.2. The van der Waals surface area contributed by atoms with E-state index in [1.807, 2.05) is 0 Å². The number of aliphatic imine (C=N–C) groups is 1. The minimum atomic E-state index is -3.29. The number of morpholine rings is 1. The fourth-order valence-electron chi connectivity index (χ4n) is 2.85. The Morgan fingerprint density at radius 3 is 2.46 bits per heavy atom. The van der Waals surface area contributed by atoms with Gasteiger partial charge < -0.3 is 15.4 Å². The molecule has 0 bridgehead atoms. The first-order valence-corrected chi connectivity index (χ1v) is 10.6. The maximum absolute atomic E-state index is 12.3. The first-order chi connectivity index (χ1) is 12.3. The van der Waals surface area contributed by atoms with Crippen molar-refractivity contribution < 1.29 is 13.2 Å². The lowest BCUT2D eigenvalue weighted by atomic mass is 10.0. The van der Waals surface area contributed by atoms with E-state index in [1.54, 1.807) is 37.4 Å². The molecule has 0 unspecified atom stereocenters. The van der Waals surface area contributed by atoms with E-state index in [0.29, 0.717) is 23.9 Å². The van der Waals surface area contributed by atoms with Gasteiger partial charge in [-0.3, -0.25) is 9.89 Å². The summed E-state index contributed by atoms with van der Waals surface area (Å²) < 4.78 is 30.0. The smallest absolute Gasteiger partial charge is 0.191 e. The molecule has 26 heavy (non-hydrogen) atoms. The third-order valence-electron chi connectivity index (χ3n) is 4.54. The largest absolute Gasteiger partial charge is 0.379 e. The van der Waals surface area contributed by atoms with Gasteiger partial charge >= 0.3 is 0 Å². The zero-order valence-corrected chi connectivity index (χ0v) is 16.7. The van der Waals surface area contributed by atoms with Gasteiger partial charge in [-0.15, -0.1) is 0 Å². The molecule has 7 nitrogen and oxygen atoms in total. The van der Waals surface area contributed by atoms with Crippen LogP contribution in [-0.2, 0) is 14.6 Å². The Bertz CT molecular complexity index is 684. The van der Waals surface area contributed by atoms with Crippen LogP contribution in [0.4, 0.5) is 0 Å². The van der Waals surface area contributed by atoms with Crippen LogP contribution in [0.5, 0.6) is 0 Å². The van der Waals surface area contributed by atoms with E-state index in [9.17, 15) is 8.42 Å². The van der Waals surface area contributed by atoms with Crippen LogP contribution in [0.1, 0.15) is 13.8 Å². The van der Waals surface area contributed by atoms with Gasteiger partial charge in [0.1, 0.15) is 0 Å². The number of sulfone groups is 1. The fourth-order valence-corrected chi connectivity index (χ4v) is 4.03. The van der Waals surface area contributed by atoms with E-state index >= 15 is 0 Å². The molecule has 0 atom stereocenters. The molecule has 1 aliphatic heterocycles. The number of ether oxygens (including phenoxy) is 1. The Balaban J connectivity index is 1.80. The van der Waals surface area contributed by atoms with Gasteiger partial charge in [0.25, 0.3) is 0 Å². The Kier molecular flexibility index (Phi) is 7.43. The van der Waals surface area contributed by atoms with E-state index in [1.165, 1.54) is 0 Å². The van der Waals surface area contributed by atoms with Crippen LogP contribution in [0.25, 0.3) is 0 Å². The standard InChI is InChI=1S/C18H30N4O3S/c1-18(2,22-10-12-25-13-11-22)15-21-17(19-3)20-9-14-26(23,24)16-7-5-4-6-8-16/h4-8H,9-15H2,1-3H3,(H2,19,20,21). The number of hydrogen-bond donors (Lipinski definition) is 2. The second kappa shape index (κ2) is 9.34. The molecule has 1 aromatic rings. The van der Waals surface area contributed by atoms with E-state index < -0.39 is 9.84 Å². The van der Waals surface area contributed by atoms with Gasteiger partial charge in [0, 0.05) is 38.8 Å². The SMILES string of the molecule is CN=C(NCCS(=O)(=O)c1ccccc1)NCC(C)(C)N1CCOCC1. The van der Waals surface area contributed by atoms with Crippen molar-refractivity contribution in [2.45, 2.75) is 24.3 Å². The highest BCUT2D eigenvalue weighted by Crippen LogP contribution is 2.15. The Labute approximate surface area is 156 Å². The van der Waals surface area contributed by atoms with Crippen LogP contribution < -0.4 is 10.6 Å². The first kappa shape index (κ1) is 20.7. The summed E-state index contributed by atoms with van der Waals surface area (Å²) in [6.45, 7) is 8.71. The molecule has 1 fully saturated rings. The molecule has 1 heterocycles. The van der Waals surface area contributed by atoms with Crippen molar-refractivity contribution in [3.63, 3.8) is 0 Å². The summed E-state index contributed by atoms with van der Waals surface area (Å²) >= 11 is 0.